The smallest absolute Gasteiger partial charge is 0.128 e. The minimum atomic E-state index is -0.712. The zero-order valence-corrected chi connectivity index (χ0v) is 11.7. The predicted octanol–water partition coefficient (Wildman–Crippen LogP) is 4.54. The van der Waals surface area contributed by atoms with Crippen LogP contribution >= 0.6 is 11.6 Å². The molecule has 0 bridgehead atoms. The van der Waals surface area contributed by atoms with E-state index in [2.05, 4.69) is 0 Å². The molecule has 104 valence electrons. The zero-order valence-electron chi connectivity index (χ0n) is 10.9. The van der Waals surface area contributed by atoms with Crippen molar-refractivity contribution in [3.8, 4) is 5.75 Å². The second-order valence-corrected chi connectivity index (χ2v) is 5.39. The van der Waals surface area contributed by atoms with Gasteiger partial charge in [0.1, 0.15) is 17.4 Å². The van der Waals surface area contributed by atoms with Crippen LogP contribution in [0.3, 0.4) is 0 Å². The van der Waals surface area contributed by atoms with Gasteiger partial charge in [0.05, 0.1) is 12.0 Å². The van der Waals surface area contributed by atoms with Gasteiger partial charge in [0.2, 0.25) is 0 Å². The molecular formula is C16H13ClF2O. The fourth-order valence-electron chi connectivity index (χ4n) is 2.40. The summed E-state index contributed by atoms with van der Waals surface area (Å²) in [5, 5.41) is -0.712. The van der Waals surface area contributed by atoms with Crippen molar-refractivity contribution in [1.82, 2.24) is 0 Å². The topological polar surface area (TPSA) is 9.23 Å². The Labute approximate surface area is 121 Å². The van der Waals surface area contributed by atoms with Crippen molar-refractivity contribution in [2.45, 2.75) is 18.7 Å². The molecule has 1 aliphatic heterocycles. The highest BCUT2D eigenvalue weighted by Gasteiger charge is 2.20. The first kappa shape index (κ1) is 13.4. The number of hydrogen-bond donors (Lipinski definition) is 0. The average molecular weight is 295 g/mol. The van der Waals surface area contributed by atoms with Crippen molar-refractivity contribution in [2.75, 3.05) is 6.61 Å². The van der Waals surface area contributed by atoms with Crippen LogP contribution in [0.25, 0.3) is 0 Å². The number of aryl methyl sites for hydroxylation is 1. The fraction of sp³-hybridized carbons (Fsp3) is 0.250. The van der Waals surface area contributed by atoms with Crippen LogP contribution in [0.1, 0.15) is 27.6 Å². The first-order valence-electron chi connectivity index (χ1n) is 6.41. The molecule has 1 aliphatic rings. The number of hydrogen-bond acceptors (Lipinski definition) is 1. The molecule has 2 aromatic rings. The quantitative estimate of drug-likeness (QED) is 0.739. The van der Waals surface area contributed by atoms with E-state index in [1.165, 1.54) is 19.1 Å². The van der Waals surface area contributed by atoms with Gasteiger partial charge in [0, 0.05) is 12.0 Å². The summed E-state index contributed by atoms with van der Waals surface area (Å²) in [5.41, 5.74) is 2.24. The zero-order chi connectivity index (χ0) is 14.3. The van der Waals surface area contributed by atoms with Gasteiger partial charge in [-0.05, 0) is 41.8 Å². The van der Waals surface area contributed by atoms with E-state index in [9.17, 15) is 8.78 Å². The summed E-state index contributed by atoms with van der Waals surface area (Å²) in [6.45, 7) is 2.18. The number of benzene rings is 2. The molecule has 20 heavy (non-hydrogen) atoms. The SMILES string of the molecule is Cc1cc(F)c(C(Cl)c2ccc3c(c2)CCO3)cc1F. The molecule has 0 aliphatic carbocycles. The molecule has 2 aromatic carbocycles. The van der Waals surface area contributed by atoms with Crippen LogP contribution in [0, 0.1) is 18.6 Å². The number of halogens is 3. The molecule has 3 rings (SSSR count). The van der Waals surface area contributed by atoms with Gasteiger partial charge in [-0.1, -0.05) is 12.1 Å². The fourth-order valence-corrected chi connectivity index (χ4v) is 2.70. The van der Waals surface area contributed by atoms with E-state index < -0.39 is 17.0 Å². The molecule has 0 fully saturated rings. The summed E-state index contributed by atoms with van der Waals surface area (Å²) in [6.07, 6.45) is 0.817. The third kappa shape index (κ3) is 2.27. The van der Waals surface area contributed by atoms with E-state index in [4.69, 9.17) is 16.3 Å². The highest BCUT2D eigenvalue weighted by atomic mass is 35.5. The largest absolute Gasteiger partial charge is 0.493 e. The predicted molar refractivity (Wildman–Crippen MR) is 74.4 cm³/mol. The first-order valence-corrected chi connectivity index (χ1v) is 6.85. The van der Waals surface area contributed by atoms with Crippen LogP contribution in [0.15, 0.2) is 30.3 Å². The van der Waals surface area contributed by atoms with Gasteiger partial charge in [0.15, 0.2) is 0 Å². The molecule has 0 N–H and O–H groups in total. The highest BCUT2D eigenvalue weighted by Crippen LogP contribution is 2.35. The lowest BCUT2D eigenvalue weighted by Gasteiger charge is -2.13. The third-order valence-corrected chi connectivity index (χ3v) is 4.04. The third-order valence-electron chi connectivity index (χ3n) is 3.56. The molecule has 0 spiro atoms. The Morgan fingerprint density at radius 3 is 2.75 bits per heavy atom. The summed E-state index contributed by atoms with van der Waals surface area (Å²) in [6, 6.07) is 7.87. The molecule has 0 saturated heterocycles. The normalized spacial score (nSPS) is 14.8. The molecule has 0 aromatic heterocycles. The molecule has 1 heterocycles. The standard InChI is InChI=1S/C16H13ClF2O/c1-9-6-14(19)12(8-13(9)18)16(17)11-2-3-15-10(7-11)4-5-20-15/h2-3,6-8,16H,4-5H2,1H3. The van der Waals surface area contributed by atoms with E-state index >= 15 is 0 Å². The number of alkyl halides is 1. The second-order valence-electron chi connectivity index (χ2n) is 4.95. The number of fused-ring (bicyclic) bond motifs is 1. The maximum atomic E-state index is 14.0. The average Bonchev–Trinajstić information content (AvgIpc) is 2.89. The lowest BCUT2D eigenvalue weighted by molar-refractivity contribution is 0.357. The Bertz CT molecular complexity index is 670. The van der Waals surface area contributed by atoms with E-state index in [-0.39, 0.29) is 11.1 Å². The molecule has 4 heteroatoms. The Morgan fingerprint density at radius 2 is 1.95 bits per heavy atom. The van der Waals surface area contributed by atoms with Crippen LogP contribution in [0.2, 0.25) is 0 Å². The van der Waals surface area contributed by atoms with Crippen molar-refractivity contribution >= 4 is 11.6 Å². The lowest BCUT2D eigenvalue weighted by atomic mass is 9.99. The minimum absolute atomic E-state index is 0.161. The van der Waals surface area contributed by atoms with Crippen LogP contribution < -0.4 is 4.74 Å². The monoisotopic (exact) mass is 294 g/mol. The van der Waals surface area contributed by atoms with E-state index in [0.29, 0.717) is 6.61 Å². The van der Waals surface area contributed by atoms with Gasteiger partial charge in [-0.25, -0.2) is 8.78 Å². The maximum Gasteiger partial charge on any atom is 0.128 e. The molecule has 1 unspecified atom stereocenters. The molecule has 0 saturated carbocycles. The van der Waals surface area contributed by atoms with Gasteiger partial charge >= 0.3 is 0 Å². The van der Waals surface area contributed by atoms with Crippen molar-refractivity contribution in [1.29, 1.82) is 0 Å². The molecule has 0 amide bonds. The lowest BCUT2D eigenvalue weighted by Crippen LogP contribution is -2.00. The summed E-state index contributed by atoms with van der Waals surface area (Å²) >= 11 is 6.32. The Balaban J connectivity index is 2.00. The summed E-state index contributed by atoms with van der Waals surface area (Å²) < 4.78 is 33.0. The van der Waals surface area contributed by atoms with Gasteiger partial charge in [-0.2, -0.15) is 0 Å². The molecular weight excluding hydrogens is 282 g/mol. The van der Waals surface area contributed by atoms with Crippen LogP contribution in [-0.2, 0) is 6.42 Å². The van der Waals surface area contributed by atoms with Crippen molar-refractivity contribution in [2.24, 2.45) is 0 Å². The molecule has 1 atom stereocenters. The van der Waals surface area contributed by atoms with E-state index in [1.54, 1.807) is 6.07 Å². The minimum Gasteiger partial charge on any atom is -0.493 e. The second kappa shape index (κ2) is 5.06. The van der Waals surface area contributed by atoms with Crippen molar-refractivity contribution in [3.05, 3.63) is 64.2 Å². The van der Waals surface area contributed by atoms with Gasteiger partial charge in [-0.3, -0.25) is 0 Å². The molecule has 1 nitrogen and oxygen atoms in total. The van der Waals surface area contributed by atoms with Gasteiger partial charge in [0.25, 0.3) is 0 Å². The Morgan fingerprint density at radius 1 is 1.15 bits per heavy atom. The number of ether oxygens (including phenoxy) is 1. The van der Waals surface area contributed by atoms with Gasteiger partial charge in [-0.15, -0.1) is 11.6 Å². The summed E-state index contributed by atoms with van der Waals surface area (Å²) in [7, 11) is 0. The summed E-state index contributed by atoms with van der Waals surface area (Å²) in [5.74, 6) is -0.0923. The van der Waals surface area contributed by atoms with E-state index in [1.807, 2.05) is 12.1 Å². The van der Waals surface area contributed by atoms with Gasteiger partial charge < -0.3 is 4.74 Å². The van der Waals surface area contributed by atoms with Crippen LogP contribution in [0.5, 0.6) is 5.75 Å². The number of rotatable bonds is 2. The molecule has 0 radical (unpaired) electrons. The van der Waals surface area contributed by atoms with Crippen LogP contribution in [-0.4, -0.2) is 6.61 Å². The van der Waals surface area contributed by atoms with Crippen LogP contribution in [0.4, 0.5) is 8.78 Å². The maximum absolute atomic E-state index is 14.0. The van der Waals surface area contributed by atoms with Crippen molar-refractivity contribution < 1.29 is 13.5 Å². The highest BCUT2D eigenvalue weighted by molar-refractivity contribution is 6.22. The first-order chi connectivity index (χ1) is 9.56. The summed E-state index contributed by atoms with van der Waals surface area (Å²) in [4.78, 5) is 0. The Hall–Kier alpha value is -1.61. The van der Waals surface area contributed by atoms with E-state index in [0.717, 1.165) is 23.3 Å². The Kier molecular flexibility index (Phi) is 3.38. The van der Waals surface area contributed by atoms with Crippen molar-refractivity contribution in [3.63, 3.8) is 0 Å².